The number of halogens is 1. The van der Waals surface area contributed by atoms with Crippen molar-refractivity contribution in [1.29, 1.82) is 0 Å². The van der Waals surface area contributed by atoms with Gasteiger partial charge in [0.1, 0.15) is 5.82 Å². The normalized spacial score (nSPS) is 21.5. The summed E-state index contributed by atoms with van der Waals surface area (Å²) >= 11 is 6.26. The Morgan fingerprint density at radius 3 is 3.00 bits per heavy atom. The predicted octanol–water partition coefficient (Wildman–Crippen LogP) is 2.23. The molecule has 2 aromatic heterocycles. The SMILES string of the molecule is CCCCc1nc(Cl)c(CN2C[C@@H](Cc3cnccn3)[C@H](O)C2)[nH]1. The highest BCUT2D eigenvalue weighted by atomic mass is 35.5. The molecule has 0 amide bonds. The largest absolute Gasteiger partial charge is 0.391 e. The third-order valence-corrected chi connectivity index (χ3v) is 4.81. The van der Waals surface area contributed by atoms with Crippen molar-refractivity contribution in [1.82, 2.24) is 24.8 Å². The van der Waals surface area contributed by atoms with Gasteiger partial charge < -0.3 is 10.1 Å². The Kier molecular flexibility index (Phi) is 5.81. The minimum Gasteiger partial charge on any atom is -0.391 e. The highest BCUT2D eigenvalue weighted by molar-refractivity contribution is 6.30. The van der Waals surface area contributed by atoms with Gasteiger partial charge in [-0.3, -0.25) is 14.9 Å². The van der Waals surface area contributed by atoms with Crippen LogP contribution < -0.4 is 0 Å². The van der Waals surface area contributed by atoms with E-state index in [2.05, 4.69) is 31.8 Å². The first-order chi connectivity index (χ1) is 11.7. The quantitative estimate of drug-likeness (QED) is 0.801. The number of β-amino-alcohol motifs (C(OH)–C–C–N with tert-alkyl or cyclic N) is 1. The minimum absolute atomic E-state index is 0.169. The molecule has 130 valence electrons. The average Bonchev–Trinajstić information content (AvgIpc) is 3.09. The maximum Gasteiger partial charge on any atom is 0.151 e. The van der Waals surface area contributed by atoms with Crippen molar-refractivity contribution in [2.24, 2.45) is 5.92 Å². The second kappa shape index (κ2) is 8.05. The van der Waals surface area contributed by atoms with Crippen LogP contribution in [0.25, 0.3) is 0 Å². The summed E-state index contributed by atoms with van der Waals surface area (Å²) in [5.74, 6) is 1.12. The van der Waals surface area contributed by atoms with Gasteiger partial charge in [0.2, 0.25) is 0 Å². The Bertz CT molecular complexity index is 648. The summed E-state index contributed by atoms with van der Waals surface area (Å²) in [6.07, 6.45) is 8.67. The number of imidazole rings is 1. The van der Waals surface area contributed by atoms with Crippen molar-refractivity contribution >= 4 is 11.6 Å². The molecule has 2 atom stereocenters. The predicted molar refractivity (Wildman–Crippen MR) is 92.7 cm³/mol. The van der Waals surface area contributed by atoms with E-state index in [1.54, 1.807) is 18.6 Å². The maximum absolute atomic E-state index is 10.3. The van der Waals surface area contributed by atoms with Gasteiger partial charge in [0, 0.05) is 50.6 Å². The second-order valence-electron chi connectivity index (χ2n) is 6.48. The van der Waals surface area contributed by atoms with Gasteiger partial charge in [0.25, 0.3) is 0 Å². The van der Waals surface area contributed by atoms with E-state index in [1.165, 1.54) is 0 Å². The number of nitrogens with zero attached hydrogens (tertiary/aromatic N) is 4. The van der Waals surface area contributed by atoms with E-state index in [0.717, 1.165) is 49.4 Å². The van der Waals surface area contributed by atoms with Crippen LogP contribution in [0.4, 0.5) is 0 Å². The average molecular weight is 350 g/mol. The molecule has 0 saturated carbocycles. The first kappa shape index (κ1) is 17.3. The van der Waals surface area contributed by atoms with Crippen LogP contribution in [0.3, 0.4) is 0 Å². The van der Waals surface area contributed by atoms with Crippen LogP contribution in [-0.4, -0.2) is 49.1 Å². The fourth-order valence-corrected chi connectivity index (χ4v) is 3.41. The van der Waals surface area contributed by atoms with Crippen LogP contribution in [0.2, 0.25) is 5.15 Å². The first-order valence-corrected chi connectivity index (χ1v) is 8.92. The molecule has 24 heavy (non-hydrogen) atoms. The van der Waals surface area contributed by atoms with E-state index in [0.29, 0.717) is 18.2 Å². The molecule has 1 aliphatic heterocycles. The van der Waals surface area contributed by atoms with Crippen LogP contribution in [0.1, 0.15) is 37.0 Å². The zero-order valence-electron chi connectivity index (χ0n) is 14.0. The molecular weight excluding hydrogens is 326 g/mol. The lowest BCUT2D eigenvalue weighted by Crippen LogP contribution is -2.21. The molecule has 2 N–H and O–H groups in total. The Morgan fingerprint density at radius 2 is 2.25 bits per heavy atom. The number of aryl methyl sites for hydroxylation is 1. The first-order valence-electron chi connectivity index (χ1n) is 8.54. The topological polar surface area (TPSA) is 77.9 Å². The van der Waals surface area contributed by atoms with Gasteiger partial charge in [0.05, 0.1) is 17.5 Å². The number of aromatic nitrogens is 4. The summed E-state index contributed by atoms with van der Waals surface area (Å²) in [7, 11) is 0. The van der Waals surface area contributed by atoms with E-state index < -0.39 is 0 Å². The van der Waals surface area contributed by atoms with Gasteiger partial charge in [0.15, 0.2) is 5.15 Å². The molecule has 1 aliphatic rings. The third kappa shape index (κ3) is 4.32. The number of aliphatic hydroxyl groups excluding tert-OH is 1. The molecule has 0 bridgehead atoms. The molecule has 0 spiro atoms. The highest BCUT2D eigenvalue weighted by Crippen LogP contribution is 2.24. The number of likely N-dealkylation sites (tertiary alicyclic amines) is 1. The van der Waals surface area contributed by atoms with Crippen LogP contribution in [0.5, 0.6) is 0 Å². The van der Waals surface area contributed by atoms with Crippen molar-refractivity contribution in [2.75, 3.05) is 13.1 Å². The van der Waals surface area contributed by atoms with E-state index in [-0.39, 0.29) is 12.0 Å². The molecule has 1 fully saturated rings. The van der Waals surface area contributed by atoms with E-state index in [1.807, 2.05) is 0 Å². The van der Waals surface area contributed by atoms with Crippen molar-refractivity contribution in [2.45, 2.75) is 45.3 Å². The number of hydrogen-bond acceptors (Lipinski definition) is 5. The van der Waals surface area contributed by atoms with Gasteiger partial charge in [-0.25, -0.2) is 4.98 Å². The number of hydrogen-bond donors (Lipinski definition) is 2. The molecule has 0 unspecified atom stereocenters. The van der Waals surface area contributed by atoms with Gasteiger partial charge in [-0.2, -0.15) is 0 Å². The van der Waals surface area contributed by atoms with Crippen LogP contribution in [0, 0.1) is 5.92 Å². The van der Waals surface area contributed by atoms with E-state index >= 15 is 0 Å². The molecule has 0 aromatic carbocycles. The minimum atomic E-state index is -0.353. The molecule has 0 radical (unpaired) electrons. The van der Waals surface area contributed by atoms with Gasteiger partial charge in [-0.1, -0.05) is 24.9 Å². The van der Waals surface area contributed by atoms with Crippen molar-refractivity contribution in [3.05, 3.63) is 41.0 Å². The van der Waals surface area contributed by atoms with Gasteiger partial charge in [-0.15, -0.1) is 0 Å². The summed E-state index contributed by atoms with van der Waals surface area (Å²) in [6, 6.07) is 0. The fraction of sp³-hybridized carbons (Fsp3) is 0.588. The molecule has 1 saturated heterocycles. The summed E-state index contributed by atoms with van der Waals surface area (Å²) in [5, 5.41) is 10.9. The monoisotopic (exact) mass is 349 g/mol. The lowest BCUT2D eigenvalue weighted by Gasteiger charge is -2.14. The van der Waals surface area contributed by atoms with Crippen LogP contribution in [0.15, 0.2) is 18.6 Å². The summed E-state index contributed by atoms with van der Waals surface area (Å²) in [6.45, 7) is 4.31. The Balaban J connectivity index is 1.58. The van der Waals surface area contributed by atoms with Crippen molar-refractivity contribution in [3.63, 3.8) is 0 Å². The molecular formula is C17H24ClN5O. The molecule has 3 rings (SSSR count). The number of aliphatic hydroxyl groups is 1. The van der Waals surface area contributed by atoms with Crippen LogP contribution >= 0.6 is 11.6 Å². The van der Waals surface area contributed by atoms with E-state index in [9.17, 15) is 5.11 Å². The lowest BCUT2D eigenvalue weighted by molar-refractivity contribution is 0.140. The zero-order valence-corrected chi connectivity index (χ0v) is 14.7. The summed E-state index contributed by atoms with van der Waals surface area (Å²) < 4.78 is 0. The number of H-pyrrole nitrogens is 1. The second-order valence-corrected chi connectivity index (χ2v) is 6.84. The molecule has 0 aliphatic carbocycles. The molecule has 7 heteroatoms. The zero-order chi connectivity index (χ0) is 16.9. The molecule has 6 nitrogen and oxygen atoms in total. The lowest BCUT2D eigenvalue weighted by atomic mass is 10.0. The van der Waals surface area contributed by atoms with Crippen molar-refractivity contribution < 1.29 is 5.11 Å². The Labute approximate surface area is 147 Å². The fourth-order valence-electron chi connectivity index (χ4n) is 3.21. The maximum atomic E-state index is 10.3. The summed E-state index contributed by atoms with van der Waals surface area (Å²) in [4.78, 5) is 18.3. The Morgan fingerprint density at radius 1 is 1.38 bits per heavy atom. The van der Waals surface area contributed by atoms with E-state index in [4.69, 9.17) is 11.6 Å². The standard InChI is InChI=1S/C17H24ClN5O/c1-2-3-4-16-21-14(17(18)22-16)10-23-9-12(15(24)11-23)7-13-8-19-5-6-20-13/h5-6,8,12,15,24H,2-4,7,9-11H2,1H3,(H,21,22)/t12-,15-/m1/s1. The number of rotatable bonds is 7. The van der Waals surface area contributed by atoms with Crippen LogP contribution in [-0.2, 0) is 19.4 Å². The number of aromatic amines is 1. The highest BCUT2D eigenvalue weighted by Gasteiger charge is 2.32. The number of unbranched alkanes of at least 4 members (excludes halogenated alkanes) is 1. The molecule has 3 heterocycles. The molecule has 2 aromatic rings. The van der Waals surface area contributed by atoms with Crippen molar-refractivity contribution in [3.8, 4) is 0 Å². The smallest absolute Gasteiger partial charge is 0.151 e. The Hall–Kier alpha value is -1.50. The number of nitrogens with one attached hydrogen (secondary N) is 1. The summed E-state index contributed by atoms with van der Waals surface area (Å²) in [5.41, 5.74) is 1.86. The van der Waals surface area contributed by atoms with Gasteiger partial charge in [-0.05, 0) is 12.8 Å². The third-order valence-electron chi connectivity index (χ3n) is 4.50. The van der Waals surface area contributed by atoms with Gasteiger partial charge >= 0.3 is 0 Å².